The second kappa shape index (κ2) is 7.65. The summed E-state index contributed by atoms with van der Waals surface area (Å²) in [6.07, 6.45) is 10.7. The highest BCUT2D eigenvalue weighted by atomic mass is 19.3. The first-order chi connectivity index (χ1) is 13.3. The van der Waals surface area contributed by atoms with Gasteiger partial charge < -0.3 is 0 Å². The van der Waals surface area contributed by atoms with E-state index in [1.807, 2.05) is 0 Å². The van der Waals surface area contributed by atoms with Gasteiger partial charge in [0.05, 0.1) is 0 Å². The Morgan fingerprint density at radius 1 is 0.857 bits per heavy atom. The Balaban J connectivity index is 1.39. The summed E-state index contributed by atoms with van der Waals surface area (Å²) < 4.78 is 55.5. The molecule has 0 nitrogen and oxygen atoms in total. The van der Waals surface area contributed by atoms with Gasteiger partial charge in [0.2, 0.25) is 0 Å². The van der Waals surface area contributed by atoms with Crippen LogP contribution in [0.5, 0.6) is 0 Å². The maximum absolute atomic E-state index is 14.1. The number of rotatable bonds is 3. The van der Waals surface area contributed by atoms with E-state index in [0.717, 1.165) is 36.2 Å². The molecular weight excluding hydrogens is 364 g/mol. The van der Waals surface area contributed by atoms with Gasteiger partial charge in [-0.1, -0.05) is 44.4 Å². The van der Waals surface area contributed by atoms with Crippen LogP contribution in [-0.2, 0) is 12.3 Å². The van der Waals surface area contributed by atoms with E-state index in [1.165, 1.54) is 51.0 Å². The van der Waals surface area contributed by atoms with Crippen molar-refractivity contribution in [1.82, 2.24) is 0 Å². The Kier molecular flexibility index (Phi) is 5.52. The van der Waals surface area contributed by atoms with Crippen LogP contribution in [0.1, 0.15) is 93.7 Å². The van der Waals surface area contributed by atoms with Gasteiger partial charge in [0.15, 0.2) is 0 Å². The van der Waals surface area contributed by atoms with E-state index in [4.69, 9.17) is 0 Å². The molecule has 2 saturated carbocycles. The summed E-state index contributed by atoms with van der Waals surface area (Å²) in [5.41, 5.74) is 1.04. The third-order valence-electron chi connectivity index (χ3n) is 8.01. The van der Waals surface area contributed by atoms with Crippen LogP contribution in [0.2, 0.25) is 0 Å². The number of hydrogen-bond donors (Lipinski definition) is 0. The van der Waals surface area contributed by atoms with Crippen LogP contribution in [0.4, 0.5) is 17.6 Å². The van der Waals surface area contributed by atoms with Gasteiger partial charge >= 0.3 is 11.8 Å². The molecule has 28 heavy (non-hydrogen) atoms. The van der Waals surface area contributed by atoms with E-state index in [0.29, 0.717) is 11.5 Å². The number of hydrogen-bond acceptors (Lipinski definition) is 0. The molecule has 0 unspecified atom stereocenters. The molecule has 3 aliphatic rings. The average Bonchev–Trinajstić information content (AvgIpc) is 2.71. The van der Waals surface area contributed by atoms with Crippen LogP contribution in [0.3, 0.4) is 0 Å². The Morgan fingerprint density at radius 3 is 2.07 bits per heavy atom. The molecular formula is C24H32F4. The molecule has 0 saturated heterocycles. The van der Waals surface area contributed by atoms with Crippen molar-refractivity contribution in [2.75, 3.05) is 0 Å². The Morgan fingerprint density at radius 2 is 1.46 bits per heavy atom. The second-order valence-corrected chi connectivity index (χ2v) is 9.50. The molecule has 3 aliphatic carbocycles. The molecule has 0 spiro atoms. The van der Waals surface area contributed by atoms with E-state index in [-0.39, 0.29) is 6.42 Å². The number of fused-ring (bicyclic) bond motifs is 1. The first-order valence-electron chi connectivity index (χ1n) is 11.2. The van der Waals surface area contributed by atoms with Crippen molar-refractivity contribution in [2.24, 2.45) is 17.8 Å². The van der Waals surface area contributed by atoms with Crippen molar-refractivity contribution >= 4 is 0 Å². The SMILES string of the molecule is CCC1CCC(C2CCC(c3ccc4c(c3)CCC(F)(F)C4(F)F)CC2)CC1. The smallest absolute Gasteiger partial charge is 0.199 e. The number of halogens is 4. The molecule has 0 bridgehead atoms. The van der Waals surface area contributed by atoms with Crippen molar-refractivity contribution < 1.29 is 17.6 Å². The van der Waals surface area contributed by atoms with E-state index < -0.39 is 23.8 Å². The first-order valence-corrected chi connectivity index (χ1v) is 11.2. The topological polar surface area (TPSA) is 0 Å². The molecule has 0 radical (unpaired) electrons. The Hall–Kier alpha value is -1.06. The molecule has 0 N–H and O–H groups in total. The summed E-state index contributed by atoms with van der Waals surface area (Å²) >= 11 is 0. The zero-order valence-corrected chi connectivity index (χ0v) is 16.8. The molecule has 156 valence electrons. The van der Waals surface area contributed by atoms with Gasteiger partial charge in [-0.2, -0.15) is 17.6 Å². The molecule has 0 heterocycles. The van der Waals surface area contributed by atoms with Gasteiger partial charge in [-0.05, 0) is 79.7 Å². The summed E-state index contributed by atoms with van der Waals surface area (Å²) in [6.45, 7) is 2.30. The average molecular weight is 397 g/mol. The number of aryl methyl sites for hydroxylation is 1. The van der Waals surface area contributed by atoms with Crippen molar-refractivity contribution in [2.45, 2.75) is 95.3 Å². The van der Waals surface area contributed by atoms with Crippen LogP contribution in [0, 0.1) is 17.8 Å². The third-order valence-corrected chi connectivity index (χ3v) is 8.01. The predicted molar refractivity (Wildman–Crippen MR) is 104 cm³/mol. The minimum absolute atomic E-state index is 0.0434. The van der Waals surface area contributed by atoms with Gasteiger partial charge in [0, 0.05) is 12.0 Å². The molecule has 1 aromatic carbocycles. The molecule has 4 heteroatoms. The minimum Gasteiger partial charge on any atom is -0.199 e. The fraction of sp³-hybridized carbons (Fsp3) is 0.750. The summed E-state index contributed by atoms with van der Waals surface area (Å²) in [4.78, 5) is 0. The molecule has 2 fully saturated rings. The van der Waals surface area contributed by atoms with Crippen LogP contribution >= 0.6 is 0 Å². The highest BCUT2D eigenvalue weighted by molar-refractivity contribution is 5.40. The largest absolute Gasteiger partial charge is 0.335 e. The number of alkyl halides is 4. The molecule has 0 amide bonds. The fourth-order valence-electron chi connectivity index (χ4n) is 6.02. The predicted octanol–water partition coefficient (Wildman–Crippen LogP) is 7.85. The minimum atomic E-state index is -4.05. The molecule has 4 rings (SSSR count). The molecule has 1 aromatic rings. The van der Waals surface area contributed by atoms with Crippen molar-refractivity contribution in [1.29, 1.82) is 0 Å². The van der Waals surface area contributed by atoms with Gasteiger partial charge in [0.25, 0.3) is 0 Å². The van der Waals surface area contributed by atoms with Crippen molar-refractivity contribution in [3.8, 4) is 0 Å². The standard InChI is InChI=1S/C24H32F4/c1-2-16-3-5-17(6-4-16)18-7-9-19(10-8-18)20-11-12-22-21(15-20)13-14-23(25,26)24(22,27)28/h11-12,15-19H,2-10,13-14H2,1H3. The summed E-state index contributed by atoms with van der Waals surface area (Å²) in [7, 11) is 0. The third kappa shape index (κ3) is 3.61. The lowest BCUT2D eigenvalue weighted by molar-refractivity contribution is -0.224. The normalized spacial score (nSPS) is 34.6. The molecule has 0 aliphatic heterocycles. The monoisotopic (exact) mass is 396 g/mol. The maximum atomic E-state index is 14.1. The highest BCUT2D eigenvalue weighted by Crippen LogP contribution is 2.51. The number of benzene rings is 1. The zero-order valence-electron chi connectivity index (χ0n) is 16.8. The van der Waals surface area contributed by atoms with Gasteiger partial charge in [-0.25, -0.2) is 0 Å². The Labute approximate surface area is 166 Å². The van der Waals surface area contributed by atoms with Crippen LogP contribution in [0.25, 0.3) is 0 Å². The van der Waals surface area contributed by atoms with Crippen LogP contribution < -0.4 is 0 Å². The van der Waals surface area contributed by atoms with Gasteiger partial charge in [0.1, 0.15) is 0 Å². The fourth-order valence-corrected chi connectivity index (χ4v) is 6.02. The van der Waals surface area contributed by atoms with E-state index >= 15 is 0 Å². The van der Waals surface area contributed by atoms with E-state index in [2.05, 4.69) is 6.92 Å². The quantitative estimate of drug-likeness (QED) is 0.456. The van der Waals surface area contributed by atoms with Gasteiger partial charge in [-0.3, -0.25) is 0 Å². The Bertz CT molecular complexity index is 680. The molecule has 0 atom stereocenters. The maximum Gasteiger partial charge on any atom is 0.335 e. The summed E-state index contributed by atoms with van der Waals surface area (Å²) in [6, 6.07) is 4.76. The lowest BCUT2D eigenvalue weighted by Gasteiger charge is -2.38. The molecule has 0 aromatic heterocycles. The second-order valence-electron chi connectivity index (χ2n) is 9.50. The van der Waals surface area contributed by atoms with E-state index in [1.54, 1.807) is 12.1 Å². The van der Waals surface area contributed by atoms with Crippen LogP contribution in [-0.4, -0.2) is 5.92 Å². The zero-order chi connectivity index (χ0) is 19.9. The van der Waals surface area contributed by atoms with Crippen LogP contribution in [0.15, 0.2) is 18.2 Å². The van der Waals surface area contributed by atoms with Crippen molar-refractivity contribution in [3.63, 3.8) is 0 Å². The van der Waals surface area contributed by atoms with Gasteiger partial charge in [-0.15, -0.1) is 0 Å². The summed E-state index contributed by atoms with van der Waals surface area (Å²) in [5, 5.41) is 0. The summed E-state index contributed by atoms with van der Waals surface area (Å²) in [5.74, 6) is -4.98. The lowest BCUT2D eigenvalue weighted by atomic mass is 9.68. The van der Waals surface area contributed by atoms with Crippen molar-refractivity contribution in [3.05, 3.63) is 34.9 Å². The van der Waals surface area contributed by atoms with E-state index in [9.17, 15) is 17.6 Å². The highest BCUT2D eigenvalue weighted by Gasteiger charge is 2.59. The lowest BCUT2D eigenvalue weighted by Crippen LogP contribution is -2.42. The first kappa shape index (κ1) is 20.2.